The molecule has 2 rings (SSSR count). The Hall–Kier alpha value is -1.80. The van der Waals surface area contributed by atoms with E-state index in [4.69, 9.17) is 9.84 Å². The molecule has 0 saturated carbocycles. The van der Waals surface area contributed by atoms with E-state index >= 15 is 0 Å². The second kappa shape index (κ2) is 6.39. The molecule has 2 heteroatoms. The first-order valence-electron chi connectivity index (χ1n) is 6.67. The molecular formula is C17H20O2. The summed E-state index contributed by atoms with van der Waals surface area (Å²) in [5, 5.41) is 9.05. The molecule has 0 saturated heterocycles. The van der Waals surface area contributed by atoms with Crippen LogP contribution in [0.25, 0.3) is 0 Å². The van der Waals surface area contributed by atoms with Crippen LogP contribution in [0.3, 0.4) is 0 Å². The summed E-state index contributed by atoms with van der Waals surface area (Å²) in [4.78, 5) is 0. The van der Waals surface area contributed by atoms with E-state index in [1.165, 1.54) is 11.1 Å². The fourth-order valence-corrected chi connectivity index (χ4v) is 2.12. The molecule has 0 bridgehead atoms. The molecule has 0 spiro atoms. The summed E-state index contributed by atoms with van der Waals surface area (Å²) in [6, 6.07) is 16.3. The summed E-state index contributed by atoms with van der Waals surface area (Å²) in [5.74, 6) is 1.25. The summed E-state index contributed by atoms with van der Waals surface area (Å²) >= 11 is 0. The van der Waals surface area contributed by atoms with Crippen molar-refractivity contribution < 1.29 is 9.84 Å². The SMILES string of the molecule is CCOc1ccc(C(C)c2ccc(CO)cc2)cc1. The highest BCUT2D eigenvalue weighted by Crippen LogP contribution is 2.26. The van der Waals surface area contributed by atoms with Gasteiger partial charge in [0.2, 0.25) is 0 Å². The summed E-state index contributed by atoms with van der Waals surface area (Å²) < 4.78 is 5.45. The van der Waals surface area contributed by atoms with Gasteiger partial charge in [0.05, 0.1) is 13.2 Å². The number of aliphatic hydroxyl groups is 1. The molecule has 2 nitrogen and oxygen atoms in total. The summed E-state index contributed by atoms with van der Waals surface area (Å²) in [5.41, 5.74) is 3.46. The van der Waals surface area contributed by atoms with E-state index in [0.717, 1.165) is 11.3 Å². The Kier molecular flexibility index (Phi) is 4.58. The van der Waals surface area contributed by atoms with Crippen LogP contribution in [0.15, 0.2) is 48.5 Å². The highest BCUT2D eigenvalue weighted by Gasteiger charge is 2.08. The van der Waals surface area contributed by atoms with E-state index in [-0.39, 0.29) is 6.61 Å². The molecule has 2 aromatic rings. The van der Waals surface area contributed by atoms with E-state index in [1.807, 2.05) is 31.2 Å². The maximum atomic E-state index is 9.05. The zero-order chi connectivity index (χ0) is 13.7. The maximum Gasteiger partial charge on any atom is 0.119 e. The first-order chi connectivity index (χ1) is 9.24. The minimum Gasteiger partial charge on any atom is -0.494 e. The number of aliphatic hydroxyl groups excluding tert-OH is 1. The van der Waals surface area contributed by atoms with Crippen LogP contribution in [-0.4, -0.2) is 11.7 Å². The molecule has 0 heterocycles. The van der Waals surface area contributed by atoms with E-state index in [0.29, 0.717) is 12.5 Å². The first-order valence-corrected chi connectivity index (χ1v) is 6.67. The van der Waals surface area contributed by atoms with E-state index in [2.05, 4.69) is 31.2 Å². The van der Waals surface area contributed by atoms with Gasteiger partial charge in [0, 0.05) is 5.92 Å². The quantitative estimate of drug-likeness (QED) is 0.883. The lowest BCUT2D eigenvalue weighted by molar-refractivity contribution is 0.282. The van der Waals surface area contributed by atoms with E-state index in [9.17, 15) is 0 Å². The van der Waals surface area contributed by atoms with Gasteiger partial charge in [0.1, 0.15) is 5.75 Å². The predicted molar refractivity (Wildman–Crippen MR) is 77.5 cm³/mol. The number of hydrogen-bond acceptors (Lipinski definition) is 2. The van der Waals surface area contributed by atoms with Crippen molar-refractivity contribution in [3.05, 3.63) is 65.2 Å². The van der Waals surface area contributed by atoms with Gasteiger partial charge in [0.25, 0.3) is 0 Å². The zero-order valence-corrected chi connectivity index (χ0v) is 11.5. The van der Waals surface area contributed by atoms with Crippen LogP contribution >= 0.6 is 0 Å². The van der Waals surface area contributed by atoms with Gasteiger partial charge >= 0.3 is 0 Å². The van der Waals surface area contributed by atoms with Crippen molar-refractivity contribution in [2.24, 2.45) is 0 Å². The Bertz CT molecular complexity index is 500. The molecule has 1 unspecified atom stereocenters. The topological polar surface area (TPSA) is 29.5 Å². The fraction of sp³-hybridized carbons (Fsp3) is 0.294. The molecule has 0 aromatic heterocycles. The molecule has 1 N–H and O–H groups in total. The van der Waals surface area contributed by atoms with Crippen LogP contribution in [0.5, 0.6) is 5.75 Å². The van der Waals surface area contributed by atoms with Crippen molar-refractivity contribution in [1.82, 2.24) is 0 Å². The van der Waals surface area contributed by atoms with Crippen LogP contribution < -0.4 is 4.74 Å². The summed E-state index contributed by atoms with van der Waals surface area (Å²) in [6.07, 6.45) is 0. The highest BCUT2D eigenvalue weighted by molar-refractivity contribution is 5.36. The smallest absolute Gasteiger partial charge is 0.119 e. The molecule has 2 aromatic carbocycles. The molecule has 0 amide bonds. The van der Waals surface area contributed by atoms with Crippen LogP contribution in [0.1, 0.15) is 36.5 Å². The van der Waals surface area contributed by atoms with Crippen molar-refractivity contribution >= 4 is 0 Å². The minimum absolute atomic E-state index is 0.0950. The number of hydrogen-bond donors (Lipinski definition) is 1. The Morgan fingerprint density at radius 2 is 1.47 bits per heavy atom. The first kappa shape index (κ1) is 13.6. The average molecular weight is 256 g/mol. The predicted octanol–water partition coefficient (Wildman–Crippen LogP) is 3.73. The monoisotopic (exact) mass is 256 g/mol. The van der Waals surface area contributed by atoms with Crippen LogP contribution in [0, 0.1) is 0 Å². The van der Waals surface area contributed by atoms with Gasteiger partial charge in [-0.15, -0.1) is 0 Å². The van der Waals surface area contributed by atoms with Crippen molar-refractivity contribution in [2.45, 2.75) is 26.4 Å². The average Bonchev–Trinajstić information content (AvgIpc) is 2.48. The largest absolute Gasteiger partial charge is 0.494 e. The summed E-state index contributed by atoms with van der Waals surface area (Å²) in [6.45, 7) is 4.96. The molecule has 0 aliphatic rings. The number of benzene rings is 2. The maximum absolute atomic E-state index is 9.05. The van der Waals surface area contributed by atoms with Gasteiger partial charge in [-0.1, -0.05) is 43.3 Å². The molecule has 0 fully saturated rings. The second-order valence-electron chi connectivity index (χ2n) is 4.62. The zero-order valence-electron chi connectivity index (χ0n) is 11.5. The third-order valence-corrected chi connectivity index (χ3v) is 3.35. The number of rotatable bonds is 5. The normalized spacial score (nSPS) is 12.2. The minimum atomic E-state index is 0.0950. The molecule has 0 aliphatic carbocycles. The highest BCUT2D eigenvalue weighted by atomic mass is 16.5. The van der Waals surface area contributed by atoms with Crippen LogP contribution in [-0.2, 0) is 6.61 Å². The fourth-order valence-electron chi connectivity index (χ4n) is 2.12. The molecule has 0 radical (unpaired) electrons. The summed E-state index contributed by atoms with van der Waals surface area (Å²) in [7, 11) is 0. The number of ether oxygens (including phenoxy) is 1. The lowest BCUT2D eigenvalue weighted by Crippen LogP contribution is -1.97. The Morgan fingerprint density at radius 1 is 0.947 bits per heavy atom. The van der Waals surface area contributed by atoms with Gasteiger partial charge in [-0.3, -0.25) is 0 Å². The van der Waals surface area contributed by atoms with E-state index in [1.54, 1.807) is 0 Å². The third kappa shape index (κ3) is 3.36. The van der Waals surface area contributed by atoms with Crippen molar-refractivity contribution in [3.63, 3.8) is 0 Å². The lowest BCUT2D eigenvalue weighted by atomic mass is 9.92. The molecule has 0 aliphatic heterocycles. The van der Waals surface area contributed by atoms with Crippen LogP contribution in [0.2, 0.25) is 0 Å². The molecule has 100 valence electrons. The Labute approximate surface area is 114 Å². The van der Waals surface area contributed by atoms with Gasteiger partial charge in [0.15, 0.2) is 0 Å². The van der Waals surface area contributed by atoms with Crippen molar-refractivity contribution in [3.8, 4) is 5.75 Å². The Morgan fingerprint density at radius 3 is 1.95 bits per heavy atom. The van der Waals surface area contributed by atoms with Gasteiger partial charge < -0.3 is 9.84 Å². The van der Waals surface area contributed by atoms with Gasteiger partial charge in [-0.05, 0) is 35.7 Å². The van der Waals surface area contributed by atoms with Crippen molar-refractivity contribution in [2.75, 3.05) is 6.61 Å². The van der Waals surface area contributed by atoms with Crippen molar-refractivity contribution in [1.29, 1.82) is 0 Å². The molecule has 1 atom stereocenters. The second-order valence-corrected chi connectivity index (χ2v) is 4.62. The standard InChI is InChI=1S/C17H20O2/c1-3-19-17-10-8-16(9-11-17)13(2)15-6-4-14(12-18)5-7-15/h4-11,13,18H,3,12H2,1-2H3. The Balaban J connectivity index is 2.15. The molecular weight excluding hydrogens is 236 g/mol. The van der Waals surface area contributed by atoms with Gasteiger partial charge in [-0.2, -0.15) is 0 Å². The molecule has 19 heavy (non-hydrogen) atoms. The van der Waals surface area contributed by atoms with E-state index < -0.39 is 0 Å². The van der Waals surface area contributed by atoms with Crippen LogP contribution in [0.4, 0.5) is 0 Å². The lowest BCUT2D eigenvalue weighted by Gasteiger charge is -2.13. The third-order valence-electron chi connectivity index (χ3n) is 3.35. The van der Waals surface area contributed by atoms with Gasteiger partial charge in [-0.25, -0.2) is 0 Å².